The van der Waals surface area contributed by atoms with Crippen molar-refractivity contribution in [2.45, 2.75) is 45.8 Å². The Balaban J connectivity index is 2.32. The van der Waals surface area contributed by atoms with Crippen LogP contribution in [0.1, 0.15) is 33.6 Å². The molecule has 14 heavy (non-hydrogen) atoms. The van der Waals surface area contributed by atoms with Gasteiger partial charge in [-0.05, 0) is 19.4 Å². The van der Waals surface area contributed by atoms with Crippen LogP contribution < -0.4 is 5.32 Å². The summed E-state index contributed by atoms with van der Waals surface area (Å²) in [5, 5.41) is 3.34. The normalized spacial score (nSPS) is 28.0. The molecule has 0 bridgehead atoms. The number of carbonyl (C=O) groups is 1. The maximum atomic E-state index is 11.6. The van der Waals surface area contributed by atoms with Crippen LogP contribution in [0.25, 0.3) is 0 Å². The van der Waals surface area contributed by atoms with Crippen molar-refractivity contribution in [3.63, 3.8) is 0 Å². The van der Waals surface area contributed by atoms with Crippen LogP contribution in [0.5, 0.6) is 0 Å². The van der Waals surface area contributed by atoms with E-state index in [9.17, 15) is 4.79 Å². The summed E-state index contributed by atoms with van der Waals surface area (Å²) in [7, 11) is 0. The average molecular weight is 199 g/mol. The Morgan fingerprint density at radius 1 is 1.50 bits per heavy atom. The van der Waals surface area contributed by atoms with Crippen LogP contribution in [-0.4, -0.2) is 31.1 Å². The van der Waals surface area contributed by atoms with Gasteiger partial charge < -0.3 is 10.1 Å². The van der Waals surface area contributed by atoms with Gasteiger partial charge in [-0.3, -0.25) is 4.79 Å². The van der Waals surface area contributed by atoms with Crippen molar-refractivity contribution in [2.75, 3.05) is 13.2 Å². The van der Waals surface area contributed by atoms with E-state index in [1.807, 2.05) is 13.8 Å². The molecule has 1 aliphatic heterocycles. The van der Waals surface area contributed by atoms with Gasteiger partial charge in [0.1, 0.15) is 6.10 Å². The lowest BCUT2D eigenvalue weighted by Crippen LogP contribution is -2.43. The van der Waals surface area contributed by atoms with Gasteiger partial charge in [0.25, 0.3) is 0 Å². The van der Waals surface area contributed by atoms with E-state index in [4.69, 9.17) is 4.74 Å². The first kappa shape index (κ1) is 11.7. The zero-order chi connectivity index (χ0) is 10.6. The standard InChI is InChI=1S/C11H21NO2/c1-4-12-9-5-6-10(14-7-9)11(13)8(2)3/h8-10,12H,4-7H2,1-3H3/t9-,10?/m1/s1. The minimum atomic E-state index is -0.148. The number of likely N-dealkylation sites (N-methyl/N-ethyl adjacent to an activating group) is 1. The number of hydrogen-bond acceptors (Lipinski definition) is 3. The highest BCUT2D eigenvalue weighted by Gasteiger charge is 2.27. The van der Waals surface area contributed by atoms with E-state index >= 15 is 0 Å². The Kier molecular flexibility index (Phi) is 4.55. The Labute approximate surface area is 86.2 Å². The summed E-state index contributed by atoms with van der Waals surface area (Å²) in [5.41, 5.74) is 0. The second-order valence-corrected chi connectivity index (χ2v) is 4.21. The van der Waals surface area contributed by atoms with Gasteiger partial charge in [0.2, 0.25) is 0 Å². The molecule has 82 valence electrons. The predicted octanol–water partition coefficient (Wildman–Crippen LogP) is 1.37. The summed E-state index contributed by atoms with van der Waals surface area (Å²) in [6.07, 6.45) is 1.77. The highest BCUT2D eigenvalue weighted by atomic mass is 16.5. The minimum Gasteiger partial charge on any atom is -0.369 e. The van der Waals surface area contributed by atoms with Crippen molar-refractivity contribution < 1.29 is 9.53 Å². The lowest BCUT2D eigenvalue weighted by molar-refractivity contribution is -0.137. The molecule has 0 saturated carbocycles. The van der Waals surface area contributed by atoms with Crippen molar-refractivity contribution in [3.05, 3.63) is 0 Å². The molecular formula is C11H21NO2. The van der Waals surface area contributed by atoms with E-state index in [-0.39, 0.29) is 17.8 Å². The second-order valence-electron chi connectivity index (χ2n) is 4.21. The summed E-state index contributed by atoms with van der Waals surface area (Å²) in [6.45, 7) is 7.60. The molecule has 1 heterocycles. The third-order valence-corrected chi connectivity index (χ3v) is 2.66. The fourth-order valence-electron chi connectivity index (χ4n) is 1.80. The van der Waals surface area contributed by atoms with Crippen LogP contribution >= 0.6 is 0 Å². The first-order chi connectivity index (χ1) is 6.65. The topological polar surface area (TPSA) is 38.3 Å². The predicted molar refractivity (Wildman–Crippen MR) is 56.3 cm³/mol. The number of hydrogen-bond donors (Lipinski definition) is 1. The molecular weight excluding hydrogens is 178 g/mol. The van der Waals surface area contributed by atoms with Crippen molar-refractivity contribution in [2.24, 2.45) is 5.92 Å². The largest absolute Gasteiger partial charge is 0.369 e. The molecule has 0 aliphatic carbocycles. The zero-order valence-corrected chi connectivity index (χ0v) is 9.38. The molecule has 0 spiro atoms. The molecule has 1 N–H and O–H groups in total. The summed E-state index contributed by atoms with van der Waals surface area (Å²) in [6, 6.07) is 0.441. The van der Waals surface area contributed by atoms with E-state index in [2.05, 4.69) is 12.2 Å². The van der Waals surface area contributed by atoms with Crippen molar-refractivity contribution in [1.82, 2.24) is 5.32 Å². The monoisotopic (exact) mass is 199 g/mol. The maximum absolute atomic E-state index is 11.6. The highest BCUT2D eigenvalue weighted by Crippen LogP contribution is 2.17. The molecule has 1 aliphatic rings. The third-order valence-electron chi connectivity index (χ3n) is 2.66. The molecule has 0 aromatic rings. The Morgan fingerprint density at radius 3 is 2.64 bits per heavy atom. The first-order valence-electron chi connectivity index (χ1n) is 5.53. The highest BCUT2D eigenvalue weighted by molar-refractivity contribution is 5.84. The van der Waals surface area contributed by atoms with Crippen LogP contribution in [0.3, 0.4) is 0 Å². The van der Waals surface area contributed by atoms with Gasteiger partial charge >= 0.3 is 0 Å². The van der Waals surface area contributed by atoms with E-state index in [0.717, 1.165) is 19.4 Å². The second kappa shape index (κ2) is 5.47. The van der Waals surface area contributed by atoms with Gasteiger partial charge in [-0.15, -0.1) is 0 Å². The SMILES string of the molecule is CCN[C@@H]1CCC(C(=O)C(C)C)OC1. The van der Waals surface area contributed by atoms with Crippen molar-refractivity contribution in [1.29, 1.82) is 0 Å². The summed E-state index contributed by atoms with van der Waals surface area (Å²) in [5.74, 6) is 0.343. The average Bonchev–Trinajstić information content (AvgIpc) is 2.18. The van der Waals surface area contributed by atoms with Crippen LogP contribution in [0.15, 0.2) is 0 Å². The molecule has 1 fully saturated rings. The number of Topliss-reactive ketones (excluding diaryl/α,β-unsaturated/α-hetero) is 1. The number of ether oxygens (including phenoxy) is 1. The molecule has 2 atom stereocenters. The van der Waals surface area contributed by atoms with Crippen LogP contribution in [0.2, 0.25) is 0 Å². The third kappa shape index (κ3) is 3.07. The fourth-order valence-corrected chi connectivity index (χ4v) is 1.80. The summed E-state index contributed by atoms with van der Waals surface area (Å²) >= 11 is 0. The summed E-state index contributed by atoms with van der Waals surface area (Å²) in [4.78, 5) is 11.6. The van der Waals surface area contributed by atoms with E-state index < -0.39 is 0 Å². The molecule has 1 unspecified atom stereocenters. The van der Waals surface area contributed by atoms with Crippen LogP contribution in [0, 0.1) is 5.92 Å². The Bertz CT molecular complexity index is 184. The van der Waals surface area contributed by atoms with Gasteiger partial charge in [-0.2, -0.15) is 0 Å². The lowest BCUT2D eigenvalue weighted by Gasteiger charge is -2.29. The number of carbonyl (C=O) groups excluding carboxylic acids is 1. The molecule has 0 aromatic carbocycles. The Morgan fingerprint density at radius 2 is 2.21 bits per heavy atom. The van der Waals surface area contributed by atoms with Gasteiger partial charge in [-0.25, -0.2) is 0 Å². The van der Waals surface area contributed by atoms with E-state index in [1.54, 1.807) is 0 Å². The molecule has 1 saturated heterocycles. The fraction of sp³-hybridized carbons (Fsp3) is 0.909. The quantitative estimate of drug-likeness (QED) is 0.743. The number of ketones is 1. The zero-order valence-electron chi connectivity index (χ0n) is 9.38. The lowest BCUT2D eigenvalue weighted by atomic mass is 9.96. The van der Waals surface area contributed by atoms with Crippen molar-refractivity contribution >= 4 is 5.78 Å². The molecule has 0 radical (unpaired) electrons. The first-order valence-corrected chi connectivity index (χ1v) is 5.53. The summed E-state index contributed by atoms with van der Waals surface area (Å²) < 4.78 is 5.55. The number of nitrogens with one attached hydrogen (secondary N) is 1. The van der Waals surface area contributed by atoms with E-state index in [0.29, 0.717) is 12.6 Å². The smallest absolute Gasteiger partial charge is 0.164 e. The molecule has 3 heteroatoms. The molecule has 0 aromatic heterocycles. The maximum Gasteiger partial charge on any atom is 0.164 e. The van der Waals surface area contributed by atoms with Crippen LogP contribution in [-0.2, 0) is 9.53 Å². The number of rotatable bonds is 4. The van der Waals surface area contributed by atoms with Gasteiger partial charge in [0.05, 0.1) is 6.61 Å². The Hall–Kier alpha value is -0.410. The minimum absolute atomic E-state index is 0.0932. The molecule has 3 nitrogen and oxygen atoms in total. The van der Waals surface area contributed by atoms with Crippen molar-refractivity contribution in [3.8, 4) is 0 Å². The van der Waals surface area contributed by atoms with E-state index in [1.165, 1.54) is 0 Å². The van der Waals surface area contributed by atoms with Gasteiger partial charge in [0, 0.05) is 12.0 Å². The molecule has 1 rings (SSSR count). The molecule has 0 amide bonds. The van der Waals surface area contributed by atoms with Gasteiger partial charge in [0.15, 0.2) is 5.78 Å². The van der Waals surface area contributed by atoms with Gasteiger partial charge in [-0.1, -0.05) is 20.8 Å². The van der Waals surface area contributed by atoms with Crippen LogP contribution in [0.4, 0.5) is 0 Å².